The summed E-state index contributed by atoms with van der Waals surface area (Å²) in [6.45, 7) is 0.294. The Balaban J connectivity index is 2.88. The molecule has 10 heavy (non-hydrogen) atoms. The average Bonchev–Trinajstić information content (AvgIpc) is 2.34. The largest absolute Gasteiger partial charge is 0.768 e. The summed E-state index contributed by atoms with van der Waals surface area (Å²) >= 11 is -1.07. The SMILES string of the molecule is NCc1ncc(S(=O)[O-])s1. The van der Waals surface area contributed by atoms with E-state index in [4.69, 9.17) is 5.73 Å². The molecule has 0 radical (unpaired) electrons. The van der Waals surface area contributed by atoms with Gasteiger partial charge in [-0.3, -0.25) is 4.21 Å². The minimum atomic E-state index is -2.16. The highest BCUT2D eigenvalue weighted by Gasteiger charge is 1.98. The lowest BCUT2D eigenvalue weighted by molar-refractivity contribution is 0.539. The summed E-state index contributed by atoms with van der Waals surface area (Å²) in [5, 5.41) is 0.638. The summed E-state index contributed by atoms with van der Waals surface area (Å²) in [5.41, 5.74) is 5.21. The molecule has 1 rings (SSSR count). The lowest BCUT2D eigenvalue weighted by Gasteiger charge is -1.96. The maximum atomic E-state index is 10.3. The van der Waals surface area contributed by atoms with Gasteiger partial charge < -0.3 is 10.3 Å². The van der Waals surface area contributed by atoms with Crippen molar-refractivity contribution in [1.29, 1.82) is 0 Å². The van der Waals surface area contributed by atoms with E-state index in [2.05, 4.69) is 4.98 Å². The van der Waals surface area contributed by atoms with E-state index < -0.39 is 11.1 Å². The van der Waals surface area contributed by atoms with Crippen molar-refractivity contribution >= 4 is 22.4 Å². The first-order valence-electron chi connectivity index (χ1n) is 2.48. The number of aromatic nitrogens is 1. The smallest absolute Gasteiger partial charge is 0.107 e. The van der Waals surface area contributed by atoms with Crippen molar-refractivity contribution in [2.75, 3.05) is 0 Å². The maximum absolute atomic E-state index is 10.3. The number of thiazole rings is 1. The molecule has 0 saturated carbocycles. The van der Waals surface area contributed by atoms with Crippen LogP contribution in [-0.4, -0.2) is 13.7 Å². The molecule has 2 N–H and O–H groups in total. The van der Waals surface area contributed by atoms with E-state index in [9.17, 15) is 8.76 Å². The minimum Gasteiger partial charge on any atom is -0.768 e. The van der Waals surface area contributed by atoms with Gasteiger partial charge in [-0.2, -0.15) is 0 Å². The Morgan fingerprint density at radius 2 is 2.60 bits per heavy atom. The highest BCUT2D eigenvalue weighted by atomic mass is 32.2. The molecule has 0 aromatic carbocycles. The zero-order valence-electron chi connectivity index (χ0n) is 4.94. The fraction of sp³-hybridized carbons (Fsp3) is 0.250. The first-order valence-corrected chi connectivity index (χ1v) is 4.37. The van der Waals surface area contributed by atoms with Gasteiger partial charge in [0.05, 0.1) is 10.4 Å². The molecule has 1 aromatic heterocycles. The van der Waals surface area contributed by atoms with E-state index >= 15 is 0 Å². The van der Waals surface area contributed by atoms with E-state index in [1.165, 1.54) is 6.20 Å². The molecule has 0 saturated heterocycles. The Morgan fingerprint density at radius 1 is 1.90 bits per heavy atom. The van der Waals surface area contributed by atoms with Crippen LogP contribution in [0.2, 0.25) is 0 Å². The van der Waals surface area contributed by atoms with Crippen LogP contribution in [0.15, 0.2) is 10.4 Å². The van der Waals surface area contributed by atoms with Crippen LogP contribution in [0, 0.1) is 0 Å². The van der Waals surface area contributed by atoms with Crippen molar-refractivity contribution < 1.29 is 8.76 Å². The monoisotopic (exact) mass is 177 g/mol. The topological polar surface area (TPSA) is 79.0 Å². The van der Waals surface area contributed by atoms with Gasteiger partial charge >= 0.3 is 0 Å². The lowest BCUT2D eigenvalue weighted by atomic mass is 10.7. The van der Waals surface area contributed by atoms with E-state index in [0.717, 1.165) is 11.3 Å². The lowest BCUT2D eigenvalue weighted by Crippen LogP contribution is -1.93. The Hall–Kier alpha value is -0.300. The second-order valence-corrected chi connectivity index (χ2v) is 3.79. The normalized spacial score (nSPS) is 13.4. The van der Waals surface area contributed by atoms with Gasteiger partial charge in [0.1, 0.15) is 5.01 Å². The number of hydrogen-bond acceptors (Lipinski definition) is 5. The number of nitrogens with two attached hydrogens (primary N) is 1. The Labute approximate surface area is 64.4 Å². The molecular weight excluding hydrogens is 172 g/mol. The van der Waals surface area contributed by atoms with Crippen LogP contribution in [0.4, 0.5) is 0 Å². The predicted molar refractivity (Wildman–Crippen MR) is 37.2 cm³/mol. The van der Waals surface area contributed by atoms with E-state index in [1.807, 2.05) is 0 Å². The molecule has 0 aliphatic carbocycles. The second-order valence-electron chi connectivity index (χ2n) is 1.51. The van der Waals surface area contributed by atoms with E-state index in [1.54, 1.807) is 0 Å². The standard InChI is InChI=1S/C4H6N2O2S2/c5-1-3-6-2-4(9-3)10(7)8/h2H,1,5H2,(H,7,8)/p-1. The third-order valence-corrected chi connectivity index (χ3v) is 2.78. The van der Waals surface area contributed by atoms with Gasteiger partial charge in [0.25, 0.3) is 0 Å². The van der Waals surface area contributed by atoms with Crippen molar-refractivity contribution in [2.24, 2.45) is 5.73 Å². The number of nitrogens with zero attached hydrogens (tertiary/aromatic N) is 1. The van der Waals surface area contributed by atoms with Crippen LogP contribution >= 0.6 is 11.3 Å². The molecular formula is C4H5N2O2S2-. The molecule has 0 aliphatic heterocycles. The van der Waals surface area contributed by atoms with Crippen LogP contribution in [0.5, 0.6) is 0 Å². The molecule has 1 aromatic rings. The number of hydrogen-bond donors (Lipinski definition) is 1. The highest BCUT2D eigenvalue weighted by molar-refractivity contribution is 7.81. The minimum absolute atomic E-state index is 0.237. The fourth-order valence-corrected chi connectivity index (χ4v) is 1.69. The Kier molecular flexibility index (Phi) is 2.50. The third-order valence-electron chi connectivity index (χ3n) is 0.871. The Morgan fingerprint density at radius 3 is 2.90 bits per heavy atom. The first kappa shape index (κ1) is 7.80. The molecule has 4 nitrogen and oxygen atoms in total. The molecule has 6 heteroatoms. The van der Waals surface area contributed by atoms with Gasteiger partial charge in [-0.15, -0.1) is 11.3 Å². The van der Waals surface area contributed by atoms with Crippen molar-refractivity contribution in [3.05, 3.63) is 11.2 Å². The van der Waals surface area contributed by atoms with E-state index in [-0.39, 0.29) is 4.21 Å². The van der Waals surface area contributed by atoms with Gasteiger partial charge in [-0.1, -0.05) is 0 Å². The van der Waals surface area contributed by atoms with Gasteiger partial charge in [0.15, 0.2) is 0 Å². The van der Waals surface area contributed by atoms with Crippen molar-refractivity contribution in [2.45, 2.75) is 10.8 Å². The zero-order valence-corrected chi connectivity index (χ0v) is 6.58. The van der Waals surface area contributed by atoms with Gasteiger partial charge in [-0.05, 0) is 11.1 Å². The highest BCUT2D eigenvalue weighted by Crippen LogP contribution is 2.14. The average molecular weight is 177 g/mol. The third kappa shape index (κ3) is 1.60. The predicted octanol–water partition coefficient (Wildman–Crippen LogP) is -0.160. The molecule has 0 bridgehead atoms. The quantitative estimate of drug-likeness (QED) is 0.636. The Bertz CT molecular complexity index is 247. The van der Waals surface area contributed by atoms with Crippen LogP contribution in [0.1, 0.15) is 5.01 Å². The second kappa shape index (κ2) is 3.20. The molecule has 0 spiro atoms. The van der Waals surface area contributed by atoms with Crippen LogP contribution in [-0.2, 0) is 17.6 Å². The summed E-state index contributed by atoms with van der Waals surface area (Å²) in [6.07, 6.45) is 1.30. The molecule has 0 amide bonds. The summed E-state index contributed by atoms with van der Waals surface area (Å²) in [4.78, 5) is 3.76. The van der Waals surface area contributed by atoms with Crippen molar-refractivity contribution in [1.82, 2.24) is 4.98 Å². The molecule has 1 unspecified atom stereocenters. The van der Waals surface area contributed by atoms with Crippen molar-refractivity contribution in [3.63, 3.8) is 0 Å². The van der Waals surface area contributed by atoms with E-state index in [0.29, 0.717) is 11.6 Å². The van der Waals surface area contributed by atoms with Crippen LogP contribution < -0.4 is 5.73 Å². The molecule has 1 atom stereocenters. The van der Waals surface area contributed by atoms with Crippen LogP contribution in [0.3, 0.4) is 0 Å². The zero-order chi connectivity index (χ0) is 7.56. The fourth-order valence-electron chi connectivity index (χ4n) is 0.465. The number of rotatable bonds is 2. The van der Waals surface area contributed by atoms with Gasteiger partial charge in [-0.25, -0.2) is 4.98 Å². The maximum Gasteiger partial charge on any atom is 0.107 e. The first-order chi connectivity index (χ1) is 4.74. The van der Waals surface area contributed by atoms with Crippen molar-refractivity contribution in [3.8, 4) is 0 Å². The van der Waals surface area contributed by atoms with Crippen LogP contribution in [0.25, 0.3) is 0 Å². The van der Waals surface area contributed by atoms with Gasteiger partial charge in [0.2, 0.25) is 0 Å². The summed E-state index contributed by atoms with van der Waals surface area (Å²) in [7, 11) is 0. The summed E-state index contributed by atoms with van der Waals surface area (Å²) < 4.78 is 20.8. The molecule has 56 valence electrons. The summed E-state index contributed by atoms with van der Waals surface area (Å²) in [6, 6.07) is 0. The molecule has 0 aliphatic rings. The molecule has 0 fully saturated rings. The van der Waals surface area contributed by atoms with Gasteiger partial charge in [0, 0.05) is 6.54 Å². The molecule has 1 heterocycles. The summed E-state index contributed by atoms with van der Waals surface area (Å²) in [5.74, 6) is 0.